The fourth-order valence-electron chi connectivity index (χ4n) is 1.49. The first-order valence-electron chi connectivity index (χ1n) is 5.99. The van der Waals surface area contributed by atoms with Crippen molar-refractivity contribution in [3.05, 3.63) is 57.6 Å². The van der Waals surface area contributed by atoms with Crippen LogP contribution in [0, 0.1) is 0 Å². The summed E-state index contributed by atoms with van der Waals surface area (Å²) in [7, 11) is 0. The first-order valence-corrected chi connectivity index (χ1v) is 6.75. The number of phenols is 1. The molecule has 0 heterocycles. The van der Waals surface area contributed by atoms with Gasteiger partial charge in [0.15, 0.2) is 0 Å². The molecule has 0 aliphatic carbocycles. The number of hydrogen-bond donors (Lipinski definition) is 1. The molecule has 0 saturated heterocycles. The molecule has 2 aromatic carbocycles. The zero-order valence-electron chi connectivity index (χ0n) is 11.4. The van der Waals surface area contributed by atoms with Crippen LogP contribution >= 0.6 is 23.2 Å². The number of phenolic OH excluding ortho intramolecular Hbond substituents is 1. The molecular weight excluding hydrogens is 353 g/mol. The minimum Gasteiger partial charge on any atom is -0.508 e. The van der Waals surface area contributed by atoms with Crippen molar-refractivity contribution in [3.63, 3.8) is 0 Å². The second-order valence-corrected chi connectivity index (χ2v) is 4.95. The number of alkyl halides is 2. The molecule has 2 rings (SSSR count). The van der Waals surface area contributed by atoms with Crippen molar-refractivity contribution < 1.29 is 28.2 Å². The highest BCUT2D eigenvalue weighted by atomic mass is 35.5. The van der Waals surface area contributed by atoms with E-state index in [0.29, 0.717) is 23.2 Å². The summed E-state index contributed by atoms with van der Waals surface area (Å²) in [5, 5.41) is 9.43. The molecule has 0 saturated carbocycles. The van der Waals surface area contributed by atoms with Gasteiger partial charge >= 0.3 is 6.61 Å². The van der Waals surface area contributed by atoms with Crippen LogP contribution in [0.3, 0.4) is 0 Å². The first-order chi connectivity index (χ1) is 10.8. The number of hydrogen-bond acceptors (Lipinski definition) is 4. The molecule has 0 unspecified atom stereocenters. The molecular formula is C15H10Cl2F2O4. The van der Waals surface area contributed by atoms with Crippen LogP contribution in [0.1, 0.15) is 20.7 Å². The van der Waals surface area contributed by atoms with Gasteiger partial charge in [-0.25, -0.2) is 0 Å². The van der Waals surface area contributed by atoms with E-state index >= 15 is 0 Å². The maximum absolute atomic E-state index is 11.7. The van der Waals surface area contributed by atoms with Gasteiger partial charge < -0.3 is 9.84 Å². The standard InChI is InChI=1S/C8H5ClF2O2.C7H5ClO2/c9-6-1-5(4-12)2-7(3-6)13-8(10)11;8-6-1-5(4-9)2-7(10)3-6/h1-4,8H;1-4,10H. The second kappa shape index (κ2) is 9.07. The number of halogens is 4. The van der Waals surface area contributed by atoms with Crippen LogP contribution in [0.15, 0.2) is 36.4 Å². The van der Waals surface area contributed by atoms with Crippen molar-refractivity contribution in [1.82, 2.24) is 0 Å². The zero-order valence-corrected chi connectivity index (χ0v) is 12.9. The van der Waals surface area contributed by atoms with Crippen LogP contribution in [0.5, 0.6) is 11.5 Å². The molecule has 122 valence electrons. The van der Waals surface area contributed by atoms with Gasteiger partial charge in [-0.1, -0.05) is 23.2 Å². The molecule has 23 heavy (non-hydrogen) atoms. The average Bonchev–Trinajstić information content (AvgIpc) is 2.45. The Morgan fingerprint density at radius 3 is 1.91 bits per heavy atom. The van der Waals surface area contributed by atoms with E-state index in [1.807, 2.05) is 0 Å². The van der Waals surface area contributed by atoms with Crippen LogP contribution < -0.4 is 4.74 Å². The van der Waals surface area contributed by atoms with Crippen molar-refractivity contribution in [2.24, 2.45) is 0 Å². The summed E-state index contributed by atoms with van der Waals surface area (Å²) in [4.78, 5) is 20.4. The third-order valence-corrected chi connectivity index (χ3v) is 2.73. The van der Waals surface area contributed by atoms with E-state index in [4.69, 9.17) is 28.3 Å². The van der Waals surface area contributed by atoms with Crippen molar-refractivity contribution in [2.75, 3.05) is 0 Å². The Balaban J connectivity index is 0.000000238. The third-order valence-electron chi connectivity index (χ3n) is 2.30. The van der Waals surface area contributed by atoms with Gasteiger partial charge in [-0.15, -0.1) is 0 Å². The molecule has 0 fully saturated rings. The number of ether oxygens (including phenoxy) is 1. The van der Waals surface area contributed by atoms with Crippen molar-refractivity contribution in [1.29, 1.82) is 0 Å². The minimum absolute atomic E-state index is 0.00889. The Hall–Kier alpha value is -2.18. The van der Waals surface area contributed by atoms with Gasteiger partial charge in [-0.05, 0) is 36.4 Å². The summed E-state index contributed by atoms with van der Waals surface area (Å²) < 4.78 is 27.5. The monoisotopic (exact) mass is 362 g/mol. The van der Waals surface area contributed by atoms with Crippen LogP contribution in [-0.4, -0.2) is 24.3 Å². The lowest BCUT2D eigenvalue weighted by molar-refractivity contribution is -0.0498. The number of aldehydes is 2. The Bertz CT molecular complexity index is 673. The molecule has 4 nitrogen and oxygen atoms in total. The fraction of sp³-hybridized carbons (Fsp3) is 0.0667. The molecule has 2 aromatic rings. The van der Waals surface area contributed by atoms with Gasteiger partial charge in [0.1, 0.15) is 24.1 Å². The van der Waals surface area contributed by atoms with Crippen LogP contribution in [-0.2, 0) is 0 Å². The van der Waals surface area contributed by atoms with Crippen molar-refractivity contribution in [3.8, 4) is 11.5 Å². The fourth-order valence-corrected chi connectivity index (χ4v) is 1.96. The molecule has 1 N–H and O–H groups in total. The van der Waals surface area contributed by atoms with Crippen LogP contribution in [0.25, 0.3) is 0 Å². The summed E-state index contributed by atoms with van der Waals surface area (Å²) in [5.74, 6) is -0.112. The molecule has 0 aliphatic heterocycles. The van der Waals surface area contributed by atoms with E-state index in [2.05, 4.69) is 4.74 Å². The molecule has 0 aliphatic rings. The van der Waals surface area contributed by atoms with Crippen LogP contribution in [0.2, 0.25) is 10.0 Å². The number of rotatable bonds is 4. The van der Waals surface area contributed by atoms with Gasteiger partial charge in [0.05, 0.1) is 0 Å². The van der Waals surface area contributed by atoms with Gasteiger partial charge in [0.25, 0.3) is 0 Å². The normalized spacial score (nSPS) is 9.78. The first kappa shape index (κ1) is 18.9. The molecule has 0 atom stereocenters. The Morgan fingerprint density at radius 2 is 1.43 bits per heavy atom. The van der Waals surface area contributed by atoms with Crippen LogP contribution in [0.4, 0.5) is 8.78 Å². The maximum atomic E-state index is 11.7. The highest BCUT2D eigenvalue weighted by Gasteiger charge is 2.06. The van der Waals surface area contributed by atoms with E-state index in [1.54, 1.807) is 0 Å². The summed E-state index contributed by atoms with van der Waals surface area (Å²) in [6, 6.07) is 7.94. The van der Waals surface area contributed by atoms with Gasteiger partial charge in [0.2, 0.25) is 0 Å². The van der Waals surface area contributed by atoms with Gasteiger partial charge in [0, 0.05) is 21.2 Å². The summed E-state index contributed by atoms with van der Waals surface area (Å²) in [6.45, 7) is -2.92. The van der Waals surface area contributed by atoms with E-state index < -0.39 is 6.61 Å². The lowest BCUT2D eigenvalue weighted by Gasteiger charge is -2.04. The van der Waals surface area contributed by atoms with E-state index in [0.717, 1.165) is 0 Å². The lowest BCUT2D eigenvalue weighted by Crippen LogP contribution is -2.02. The number of carbonyl (C=O) groups excluding carboxylic acids is 2. The quantitative estimate of drug-likeness (QED) is 0.806. The van der Waals surface area contributed by atoms with Gasteiger partial charge in [-0.3, -0.25) is 9.59 Å². The minimum atomic E-state index is -2.92. The molecule has 0 spiro atoms. The predicted molar refractivity (Wildman–Crippen MR) is 82.0 cm³/mol. The zero-order chi connectivity index (χ0) is 17.4. The molecule has 0 radical (unpaired) electrons. The maximum Gasteiger partial charge on any atom is 0.387 e. The summed E-state index contributed by atoms with van der Waals surface area (Å²) >= 11 is 11.0. The Kier molecular flexibility index (Phi) is 7.44. The molecule has 0 amide bonds. The SMILES string of the molecule is O=Cc1cc(Cl)cc(OC(F)F)c1.O=Cc1cc(O)cc(Cl)c1. The smallest absolute Gasteiger partial charge is 0.387 e. The molecule has 0 aromatic heterocycles. The predicted octanol–water partition coefficient (Wildman–Crippen LogP) is 4.61. The largest absolute Gasteiger partial charge is 0.508 e. The van der Waals surface area contributed by atoms with E-state index in [1.165, 1.54) is 36.4 Å². The number of aromatic hydroxyl groups is 1. The highest BCUT2D eigenvalue weighted by Crippen LogP contribution is 2.21. The van der Waals surface area contributed by atoms with Gasteiger partial charge in [-0.2, -0.15) is 8.78 Å². The second-order valence-electron chi connectivity index (χ2n) is 4.08. The van der Waals surface area contributed by atoms with Crippen molar-refractivity contribution >= 4 is 35.8 Å². The number of benzene rings is 2. The average molecular weight is 363 g/mol. The lowest BCUT2D eigenvalue weighted by atomic mass is 10.2. The third kappa shape index (κ3) is 7.08. The number of carbonyl (C=O) groups is 2. The van der Waals surface area contributed by atoms with Crippen molar-refractivity contribution in [2.45, 2.75) is 6.61 Å². The summed E-state index contributed by atoms with van der Waals surface area (Å²) in [5.41, 5.74) is 0.577. The molecule has 0 bridgehead atoms. The Labute approximate surface area is 140 Å². The van der Waals surface area contributed by atoms with E-state index in [9.17, 15) is 18.4 Å². The topological polar surface area (TPSA) is 63.6 Å². The van der Waals surface area contributed by atoms with E-state index in [-0.39, 0.29) is 22.1 Å². The summed E-state index contributed by atoms with van der Waals surface area (Å²) in [6.07, 6.45) is 1.13. The molecule has 8 heteroatoms. The Morgan fingerprint density at radius 1 is 0.913 bits per heavy atom. The highest BCUT2D eigenvalue weighted by molar-refractivity contribution is 6.31.